The topological polar surface area (TPSA) is 111 Å². The smallest absolute Gasteiger partial charge is 0.301 e. The second kappa shape index (κ2) is 15.4. The fourth-order valence-electron chi connectivity index (χ4n) is 5.58. The number of rotatable bonds is 14. The van der Waals surface area contributed by atoms with E-state index >= 15 is 0 Å². The molecule has 11 heteroatoms. The minimum Gasteiger partial charge on any atom is -0.507 e. The van der Waals surface area contributed by atoms with Crippen LogP contribution in [-0.4, -0.2) is 46.8 Å². The van der Waals surface area contributed by atoms with Gasteiger partial charge in [-0.05, 0) is 71.6 Å². The Balaban J connectivity index is 1.39. The third-order valence-electron chi connectivity index (χ3n) is 7.82. The zero-order valence-electron chi connectivity index (χ0n) is 27.1. The normalized spacial score (nSPS) is 15.5. The fraction of sp³-hybridized carbons (Fsp3) is 0.211. The number of carbonyl (C=O) groups is 2. The molecule has 5 aromatic rings. The van der Waals surface area contributed by atoms with Gasteiger partial charge in [0, 0.05) is 11.3 Å². The quantitative estimate of drug-likeness (QED) is 0.0306. The Morgan fingerprint density at radius 1 is 0.959 bits per heavy atom. The van der Waals surface area contributed by atoms with Gasteiger partial charge in [0.1, 0.15) is 18.1 Å². The molecule has 1 aromatic heterocycles. The molecule has 0 saturated carbocycles. The van der Waals surface area contributed by atoms with Gasteiger partial charge in [-0.1, -0.05) is 91.2 Å². The van der Waals surface area contributed by atoms with Gasteiger partial charge in [-0.3, -0.25) is 14.5 Å². The molecule has 0 radical (unpaired) electrons. The summed E-state index contributed by atoms with van der Waals surface area (Å²) in [5.74, 6) is 0.212. The number of aromatic nitrogens is 2. The molecule has 49 heavy (non-hydrogen) atoms. The Morgan fingerprint density at radius 3 is 2.53 bits per heavy atom. The molecule has 0 spiro atoms. The van der Waals surface area contributed by atoms with Crippen LogP contribution in [0.15, 0.2) is 107 Å². The SMILES string of the molecule is C=CCOc1ccc(C2C(=C(O)c3ccc(OCCC)cc3)C(=O)C(=O)N2c2nnc(SCc3cccc4ccccc34)s2)cc1OCC. The molecule has 1 unspecified atom stereocenters. The van der Waals surface area contributed by atoms with Crippen LogP contribution in [0.2, 0.25) is 0 Å². The highest BCUT2D eigenvalue weighted by Crippen LogP contribution is 2.46. The number of thioether (sulfide) groups is 1. The predicted molar refractivity (Wildman–Crippen MR) is 194 cm³/mol. The summed E-state index contributed by atoms with van der Waals surface area (Å²) in [6.45, 7) is 8.75. The summed E-state index contributed by atoms with van der Waals surface area (Å²) in [6, 6.07) is 25.3. The standard InChI is InChI=1S/C38H35N3O6S2/c1-4-20-46-28-17-14-25(15-18-28)34(42)32-33(26-16-19-30(47-21-5-2)31(22-26)45-6-3)41(36(44)35(32)43)37-39-40-38(49-37)48-23-27-12-9-11-24-10-7-8-13-29(24)27/h5,7-19,22,33,42H,2,4,6,20-21,23H2,1,3H3. The van der Waals surface area contributed by atoms with Gasteiger partial charge in [-0.25, -0.2) is 0 Å². The number of aliphatic hydroxyl groups is 1. The first-order valence-electron chi connectivity index (χ1n) is 15.9. The van der Waals surface area contributed by atoms with Crippen LogP contribution in [0, 0.1) is 0 Å². The minimum atomic E-state index is -1.02. The Bertz CT molecular complexity index is 2020. The molecule has 1 saturated heterocycles. The van der Waals surface area contributed by atoms with Crippen molar-refractivity contribution in [2.45, 2.75) is 36.4 Å². The second-order valence-corrected chi connectivity index (χ2v) is 13.2. The average molecular weight is 694 g/mol. The number of fused-ring (bicyclic) bond motifs is 1. The van der Waals surface area contributed by atoms with E-state index in [-0.39, 0.29) is 23.1 Å². The highest BCUT2D eigenvalue weighted by Gasteiger charge is 2.48. The molecule has 0 aliphatic carbocycles. The number of hydrogen-bond donors (Lipinski definition) is 1. The molecule has 4 aromatic carbocycles. The number of benzene rings is 4. The lowest BCUT2D eigenvalue weighted by molar-refractivity contribution is -0.132. The number of Topliss-reactive ketones (excluding diaryl/α,β-unsaturated/α-hetero) is 1. The molecule has 0 bridgehead atoms. The van der Waals surface area contributed by atoms with Crippen LogP contribution in [0.1, 0.15) is 43.0 Å². The largest absolute Gasteiger partial charge is 0.507 e. The van der Waals surface area contributed by atoms with E-state index < -0.39 is 17.7 Å². The number of nitrogens with zero attached hydrogens (tertiary/aromatic N) is 3. The van der Waals surface area contributed by atoms with Crippen LogP contribution >= 0.6 is 23.1 Å². The molecule has 1 N–H and O–H groups in total. The van der Waals surface area contributed by atoms with Gasteiger partial charge in [0.25, 0.3) is 5.78 Å². The second-order valence-electron chi connectivity index (χ2n) is 11.1. The molecule has 6 rings (SSSR count). The van der Waals surface area contributed by atoms with E-state index in [4.69, 9.17) is 14.2 Å². The van der Waals surface area contributed by atoms with E-state index in [0.29, 0.717) is 51.7 Å². The van der Waals surface area contributed by atoms with Crippen molar-refractivity contribution in [2.24, 2.45) is 0 Å². The Morgan fingerprint density at radius 2 is 1.76 bits per heavy atom. The van der Waals surface area contributed by atoms with Crippen molar-refractivity contribution in [3.63, 3.8) is 0 Å². The van der Waals surface area contributed by atoms with E-state index in [0.717, 1.165) is 22.8 Å². The van der Waals surface area contributed by atoms with Crippen molar-refractivity contribution in [1.82, 2.24) is 10.2 Å². The van der Waals surface area contributed by atoms with Gasteiger partial charge >= 0.3 is 5.91 Å². The number of ketones is 1. The molecule has 1 amide bonds. The minimum absolute atomic E-state index is 0.0745. The first-order valence-corrected chi connectivity index (χ1v) is 17.7. The molecule has 1 aliphatic heterocycles. The van der Waals surface area contributed by atoms with Crippen LogP contribution in [0.25, 0.3) is 16.5 Å². The van der Waals surface area contributed by atoms with Gasteiger partial charge < -0.3 is 19.3 Å². The van der Waals surface area contributed by atoms with Gasteiger partial charge in [0.05, 0.1) is 24.8 Å². The van der Waals surface area contributed by atoms with Crippen LogP contribution in [0.4, 0.5) is 5.13 Å². The molecule has 1 aliphatic rings. The van der Waals surface area contributed by atoms with Crippen LogP contribution in [0.5, 0.6) is 17.2 Å². The zero-order chi connectivity index (χ0) is 34.3. The summed E-state index contributed by atoms with van der Waals surface area (Å²) in [5.41, 5.74) is 1.97. The van der Waals surface area contributed by atoms with Gasteiger partial charge in [-0.2, -0.15) is 0 Å². The maximum atomic E-state index is 13.8. The monoisotopic (exact) mass is 693 g/mol. The van der Waals surface area contributed by atoms with Crippen molar-refractivity contribution in [3.05, 3.63) is 120 Å². The lowest BCUT2D eigenvalue weighted by Gasteiger charge is -2.23. The van der Waals surface area contributed by atoms with Crippen molar-refractivity contribution >= 4 is 56.5 Å². The molecular formula is C38H35N3O6S2. The predicted octanol–water partition coefficient (Wildman–Crippen LogP) is 8.36. The van der Waals surface area contributed by atoms with Crippen LogP contribution in [0.3, 0.4) is 0 Å². The van der Waals surface area contributed by atoms with Crippen LogP contribution in [-0.2, 0) is 15.3 Å². The Labute approximate surface area is 292 Å². The molecule has 250 valence electrons. The van der Waals surface area contributed by atoms with Gasteiger partial charge in [0.2, 0.25) is 5.13 Å². The van der Waals surface area contributed by atoms with Crippen molar-refractivity contribution < 1.29 is 28.9 Å². The highest BCUT2D eigenvalue weighted by atomic mass is 32.2. The van der Waals surface area contributed by atoms with Gasteiger partial charge in [-0.15, -0.1) is 10.2 Å². The first kappa shape index (κ1) is 33.8. The highest BCUT2D eigenvalue weighted by molar-refractivity contribution is 8.00. The summed E-state index contributed by atoms with van der Waals surface area (Å²) in [5, 5.41) is 22.9. The van der Waals surface area contributed by atoms with Crippen molar-refractivity contribution in [3.8, 4) is 17.2 Å². The third kappa shape index (κ3) is 7.18. The molecule has 1 fully saturated rings. The summed E-state index contributed by atoms with van der Waals surface area (Å²) in [4.78, 5) is 29.0. The van der Waals surface area contributed by atoms with Gasteiger partial charge in [0.15, 0.2) is 15.8 Å². The number of anilines is 1. The molecule has 2 heterocycles. The van der Waals surface area contributed by atoms with E-state index in [1.807, 2.05) is 32.0 Å². The molecule has 9 nitrogen and oxygen atoms in total. The van der Waals surface area contributed by atoms with E-state index in [9.17, 15) is 14.7 Å². The third-order valence-corrected chi connectivity index (χ3v) is 9.92. The maximum Gasteiger partial charge on any atom is 0.301 e. The lowest BCUT2D eigenvalue weighted by atomic mass is 9.95. The summed E-state index contributed by atoms with van der Waals surface area (Å²) in [7, 11) is 0. The first-order chi connectivity index (χ1) is 23.9. The summed E-state index contributed by atoms with van der Waals surface area (Å²) in [6.07, 6.45) is 2.48. The number of hydrogen-bond acceptors (Lipinski definition) is 10. The maximum absolute atomic E-state index is 13.8. The number of carbonyl (C=O) groups excluding carboxylic acids is 2. The summed E-state index contributed by atoms with van der Waals surface area (Å²) >= 11 is 2.71. The van der Waals surface area contributed by atoms with E-state index in [1.54, 1.807) is 48.5 Å². The number of amides is 1. The lowest BCUT2D eigenvalue weighted by Crippen LogP contribution is -2.29. The molecule has 1 atom stereocenters. The Hall–Kier alpha value is -5.13. The Kier molecular flexibility index (Phi) is 10.6. The van der Waals surface area contributed by atoms with Crippen LogP contribution < -0.4 is 19.1 Å². The summed E-state index contributed by atoms with van der Waals surface area (Å²) < 4.78 is 18.0. The molecular weight excluding hydrogens is 659 g/mol. The van der Waals surface area contributed by atoms with E-state index in [2.05, 4.69) is 41.0 Å². The van der Waals surface area contributed by atoms with E-state index in [1.165, 1.54) is 28.0 Å². The number of ether oxygens (including phenoxy) is 3. The number of aliphatic hydroxyl groups excluding tert-OH is 1. The zero-order valence-corrected chi connectivity index (χ0v) is 28.8. The average Bonchev–Trinajstić information content (AvgIpc) is 3.70. The van der Waals surface area contributed by atoms with Crippen molar-refractivity contribution in [1.29, 1.82) is 0 Å². The fourth-order valence-corrected chi connectivity index (χ4v) is 7.45. The van der Waals surface area contributed by atoms with Crippen molar-refractivity contribution in [2.75, 3.05) is 24.7 Å².